The molecule has 0 radical (unpaired) electrons. The number of rotatable bonds is 5. The third-order valence-electron chi connectivity index (χ3n) is 2.27. The van der Waals surface area contributed by atoms with E-state index in [1.54, 1.807) is 0 Å². The lowest BCUT2D eigenvalue weighted by atomic mass is 10.2. The van der Waals surface area contributed by atoms with E-state index in [9.17, 15) is 8.42 Å². The Morgan fingerprint density at radius 2 is 2.12 bits per heavy atom. The fraction of sp³-hybridized carbons (Fsp3) is 0.778. The molecule has 2 unspecified atom stereocenters. The van der Waals surface area contributed by atoms with Gasteiger partial charge in [-0.1, -0.05) is 18.5 Å². The molecule has 1 heterocycles. The van der Waals surface area contributed by atoms with Crippen molar-refractivity contribution in [3.8, 4) is 0 Å². The molecule has 0 saturated heterocycles. The first-order valence-electron chi connectivity index (χ1n) is 5.02. The molecule has 0 bridgehead atoms. The van der Waals surface area contributed by atoms with Crippen LogP contribution in [0, 0.1) is 0 Å². The highest BCUT2D eigenvalue weighted by atomic mass is 35.5. The summed E-state index contributed by atoms with van der Waals surface area (Å²) in [6, 6.07) is 0. The highest BCUT2D eigenvalue weighted by Crippen LogP contribution is 2.25. The average Bonchev–Trinajstić information content (AvgIpc) is 2.64. The normalized spacial score (nSPS) is 16.0. The van der Waals surface area contributed by atoms with Crippen molar-refractivity contribution in [2.24, 2.45) is 0 Å². The Kier molecular flexibility index (Phi) is 4.32. The lowest BCUT2D eigenvalue weighted by molar-refractivity contribution is 0.370. The summed E-state index contributed by atoms with van der Waals surface area (Å²) in [4.78, 5) is 4.01. The summed E-state index contributed by atoms with van der Waals surface area (Å²) in [6.45, 7) is 3.51. The Bertz CT molecular complexity index is 443. The summed E-state index contributed by atoms with van der Waals surface area (Å²) in [5.41, 5.74) is 0. The summed E-state index contributed by atoms with van der Waals surface area (Å²) in [7, 11) is -3.22. The van der Waals surface area contributed by atoms with E-state index in [-0.39, 0.29) is 11.3 Å². The van der Waals surface area contributed by atoms with Crippen molar-refractivity contribution in [3.63, 3.8) is 0 Å². The fourth-order valence-corrected chi connectivity index (χ4v) is 1.87. The van der Waals surface area contributed by atoms with Gasteiger partial charge in [-0.05, 0) is 13.3 Å². The SMILES string of the molecule is CCCC(Cl)c1noc(C(C)S(C)(=O)=O)n1. The summed E-state index contributed by atoms with van der Waals surface area (Å²) in [5, 5.41) is 2.57. The van der Waals surface area contributed by atoms with Crippen LogP contribution in [0.2, 0.25) is 0 Å². The van der Waals surface area contributed by atoms with Crippen LogP contribution < -0.4 is 0 Å². The molecule has 7 heteroatoms. The molecule has 1 aromatic rings. The van der Waals surface area contributed by atoms with Crippen molar-refractivity contribution in [1.82, 2.24) is 10.1 Å². The average molecular weight is 267 g/mol. The van der Waals surface area contributed by atoms with Gasteiger partial charge >= 0.3 is 0 Å². The second kappa shape index (κ2) is 5.14. The topological polar surface area (TPSA) is 73.1 Å². The van der Waals surface area contributed by atoms with Crippen molar-refractivity contribution < 1.29 is 12.9 Å². The van der Waals surface area contributed by atoms with Crippen LogP contribution in [0.1, 0.15) is 49.0 Å². The van der Waals surface area contributed by atoms with Gasteiger partial charge in [-0.3, -0.25) is 0 Å². The van der Waals surface area contributed by atoms with Crippen molar-refractivity contribution >= 4 is 21.4 Å². The van der Waals surface area contributed by atoms with E-state index in [2.05, 4.69) is 10.1 Å². The van der Waals surface area contributed by atoms with Crippen LogP contribution in [0.5, 0.6) is 0 Å². The number of hydrogen-bond acceptors (Lipinski definition) is 5. The molecule has 0 N–H and O–H groups in total. The number of sulfone groups is 1. The Morgan fingerprint density at radius 1 is 1.50 bits per heavy atom. The van der Waals surface area contributed by atoms with Crippen LogP contribution in [-0.2, 0) is 9.84 Å². The third kappa shape index (κ3) is 3.18. The van der Waals surface area contributed by atoms with E-state index in [4.69, 9.17) is 16.1 Å². The van der Waals surface area contributed by atoms with Gasteiger partial charge < -0.3 is 4.52 Å². The number of aromatic nitrogens is 2. The molecule has 0 fully saturated rings. The zero-order chi connectivity index (χ0) is 12.3. The van der Waals surface area contributed by atoms with E-state index in [0.29, 0.717) is 5.82 Å². The molecule has 92 valence electrons. The molecular formula is C9H15ClN2O3S. The lowest BCUT2D eigenvalue weighted by Crippen LogP contribution is -2.08. The van der Waals surface area contributed by atoms with E-state index >= 15 is 0 Å². The van der Waals surface area contributed by atoms with Gasteiger partial charge in [-0.2, -0.15) is 4.98 Å². The van der Waals surface area contributed by atoms with Crippen LogP contribution >= 0.6 is 11.6 Å². The standard InChI is InChI=1S/C9H15ClN2O3S/c1-4-5-7(10)8-11-9(15-12-8)6(2)16(3,13)14/h6-7H,4-5H2,1-3H3. The molecule has 16 heavy (non-hydrogen) atoms. The van der Waals surface area contributed by atoms with Crippen molar-refractivity contribution in [3.05, 3.63) is 11.7 Å². The molecule has 0 aromatic carbocycles. The lowest BCUT2D eigenvalue weighted by Gasteiger charge is -2.02. The molecule has 0 spiro atoms. The number of hydrogen-bond donors (Lipinski definition) is 0. The summed E-state index contributed by atoms with van der Waals surface area (Å²) in [5.74, 6) is 0.452. The Labute approximate surface area is 100 Å². The summed E-state index contributed by atoms with van der Waals surface area (Å²) < 4.78 is 27.4. The number of halogens is 1. The van der Waals surface area contributed by atoms with E-state index < -0.39 is 15.1 Å². The van der Waals surface area contributed by atoms with E-state index in [1.807, 2.05) is 6.92 Å². The minimum Gasteiger partial charge on any atom is -0.338 e. The van der Waals surface area contributed by atoms with Gasteiger partial charge in [0.2, 0.25) is 5.89 Å². The molecular weight excluding hydrogens is 252 g/mol. The van der Waals surface area contributed by atoms with Crippen molar-refractivity contribution in [2.45, 2.75) is 37.3 Å². The van der Waals surface area contributed by atoms with Gasteiger partial charge in [0.15, 0.2) is 15.7 Å². The van der Waals surface area contributed by atoms with Crippen LogP contribution in [0.15, 0.2) is 4.52 Å². The highest BCUT2D eigenvalue weighted by Gasteiger charge is 2.25. The first-order chi connectivity index (χ1) is 7.36. The second-order valence-electron chi connectivity index (χ2n) is 3.72. The first kappa shape index (κ1) is 13.4. The van der Waals surface area contributed by atoms with Gasteiger partial charge in [0.1, 0.15) is 5.25 Å². The highest BCUT2D eigenvalue weighted by molar-refractivity contribution is 7.90. The maximum Gasteiger partial charge on any atom is 0.244 e. The van der Waals surface area contributed by atoms with Gasteiger partial charge in [-0.25, -0.2) is 8.42 Å². The molecule has 1 aromatic heterocycles. The summed E-state index contributed by atoms with van der Waals surface area (Å²) >= 11 is 6.00. The minimum absolute atomic E-state index is 0.0965. The van der Waals surface area contributed by atoms with Crippen LogP contribution in [0.25, 0.3) is 0 Å². The van der Waals surface area contributed by atoms with E-state index in [0.717, 1.165) is 19.1 Å². The van der Waals surface area contributed by atoms with Crippen LogP contribution in [-0.4, -0.2) is 24.8 Å². The van der Waals surface area contributed by atoms with Crippen LogP contribution in [0.3, 0.4) is 0 Å². The van der Waals surface area contributed by atoms with Gasteiger partial charge in [-0.15, -0.1) is 11.6 Å². The van der Waals surface area contributed by atoms with Crippen molar-refractivity contribution in [1.29, 1.82) is 0 Å². The molecule has 0 amide bonds. The predicted octanol–water partition coefficient (Wildman–Crippen LogP) is 2.26. The van der Waals surface area contributed by atoms with Crippen LogP contribution in [0.4, 0.5) is 0 Å². The van der Waals surface area contributed by atoms with E-state index in [1.165, 1.54) is 6.92 Å². The van der Waals surface area contributed by atoms with Gasteiger partial charge in [0.25, 0.3) is 0 Å². The summed E-state index contributed by atoms with van der Waals surface area (Å²) in [6.07, 6.45) is 2.76. The first-order valence-corrected chi connectivity index (χ1v) is 7.41. The molecule has 0 aliphatic rings. The Balaban J connectivity index is 2.87. The molecule has 2 atom stereocenters. The molecule has 0 saturated carbocycles. The quantitative estimate of drug-likeness (QED) is 0.764. The largest absolute Gasteiger partial charge is 0.338 e. The monoisotopic (exact) mass is 266 g/mol. The maximum absolute atomic E-state index is 11.3. The Morgan fingerprint density at radius 3 is 2.62 bits per heavy atom. The molecule has 0 aliphatic heterocycles. The smallest absolute Gasteiger partial charge is 0.244 e. The zero-order valence-electron chi connectivity index (χ0n) is 9.47. The second-order valence-corrected chi connectivity index (χ2v) is 6.61. The van der Waals surface area contributed by atoms with Crippen molar-refractivity contribution in [2.75, 3.05) is 6.26 Å². The number of alkyl halides is 1. The predicted molar refractivity (Wildman–Crippen MR) is 61.1 cm³/mol. The molecule has 5 nitrogen and oxygen atoms in total. The fourth-order valence-electron chi connectivity index (χ4n) is 1.11. The van der Waals surface area contributed by atoms with Gasteiger partial charge in [0.05, 0.1) is 5.38 Å². The third-order valence-corrected chi connectivity index (χ3v) is 4.17. The molecule has 1 rings (SSSR count). The zero-order valence-corrected chi connectivity index (χ0v) is 11.0. The van der Waals surface area contributed by atoms with Gasteiger partial charge in [0, 0.05) is 6.26 Å². The minimum atomic E-state index is -3.22. The number of nitrogens with zero attached hydrogens (tertiary/aromatic N) is 2. The Hall–Kier alpha value is -0.620. The molecule has 0 aliphatic carbocycles. The maximum atomic E-state index is 11.3.